The lowest BCUT2D eigenvalue weighted by Crippen LogP contribution is -2.53. The van der Waals surface area contributed by atoms with Gasteiger partial charge in [-0.3, -0.25) is 13.9 Å². The van der Waals surface area contributed by atoms with Gasteiger partial charge < -0.3 is 15.0 Å². The number of amides is 2. The Labute approximate surface area is 238 Å². The number of carbonyl (C=O) groups excluding carboxylic acids is 2. The Balaban J connectivity index is 1.97. The van der Waals surface area contributed by atoms with Crippen LogP contribution in [0.1, 0.15) is 38.7 Å². The molecular formula is C31H39N3O5S. The van der Waals surface area contributed by atoms with Crippen LogP contribution in [0.25, 0.3) is 0 Å². The van der Waals surface area contributed by atoms with E-state index < -0.39 is 28.5 Å². The van der Waals surface area contributed by atoms with Crippen molar-refractivity contribution in [3.05, 3.63) is 90.5 Å². The summed E-state index contributed by atoms with van der Waals surface area (Å²) in [4.78, 5) is 28.8. The summed E-state index contributed by atoms with van der Waals surface area (Å²) in [6.45, 7) is 4.23. The Hall–Kier alpha value is -3.85. The van der Waals surface area contributed by atoms with Crippen molar-refractivity contribution in [3.63, 3.8) is 0 Å². The van der Waals surface area contributed by atoms with Crippen LogP contribution in [-0.4, -0.2) is 57.9 Å². The Bertz CT molecular complexity index is 1320. The Morgan fingerprint density at radius 3 is 2.10 bits per heavy atom. The first-order valence-electron chi connectivity index (χ1n) is 13.6. The molecule has 0 aliphatic rings. The molecule has 1 N–H and O–H groups in total. The lowest BCUT2D eigenvalue weighted by molar-refractivity contribution is -0.139. The Kier molecular flexibility index (Phi) is 11.6. The van der Waals surface area contributed by atoms with Gasteiger partial charge >= 0.3 is 0 Å². The summed E-state index contributed by atoms with van der Waals surface area (Å²) in [5.74, 6) is -0.130. The number of anilines is 1. The molecule has 0 heterocycles. The monoisotopic (exact) mass is 565 g/mol. The van der Waals surface area contributed by atoms with Crippen LogP contribution in [0.3, 0.4) is 0 Å². The SMILES string of the molecule is CCCCNC(=O)[C@H](CC)N(CCc1ccccc1)C(=O)CN(c1ccc(OC)cc1)S(=O)(=O)c1ccccc1. The highest BCUT2D eigenvalue weighted by atomic mass is 32.2. The Morgan fingerprint density at radius 2 is 1.52 bits per heavy atom. The van der Waals surface area contributed by atoms with Crippen LogP contribution in [-0.2, 0) is 26.0 Å². The van der Waals surface area contributed by atoms with Crippen LogP contribution in [0.5, 0.6) is 5.75 Å². The zero-order valence-electron chi connectivity index (χ0n) is 23.5. The minimum atomic E-state index is -4.10. The molecule has 0 saturated heterocycles. The number of unbranched alkanes of at least 4 members (excludes halogenated alkanes) is 1. The van der Waals surface area contributed by atoms with Crippen LogP contribution in [0, 0.1) is 0 Å². The first-order valence-corrected chi connectivity index (χ1v) is 15.1. The van der Waals surface area contributed by atoms with Crippen molar-refractivity contribution in [2.24, 2.45) is 0 Å². The normalized spacial score (nSPS) is 11.9. The fraction of sp³-hybridized carbons (Fsp3) is 0.355. The third kappa shape index (κ3) is 8.08. The first kappa shape index (κ1) is 30.7. The lowest BCUT2D eigenvalue weighted by atomic mass is 10.1. The molecule has 214 valence electrons. The van der Waals surface area contributed by atoms with Crippen LogP contribution < -0.4 is 14.4 Å². The Morgan fingerprint density at radius 1 is 0.900 bits per heavy atom. The van der Waals surface area contributed by atoms with Gasteiger partial charge in [0.25, 0.3) is 10.0 Å². The van der Waals surface area contributed by atoms with Crippen LogP contribution in [0.4, 0.5) is 5.69 Å². The van der Waals surface area contributed by atoms with Gasteiger partial charge in [0.05, 0.1) is 17.7 Å². The average Bonchev–Trinajstić information content (AvgIpc) is 2.99. The molecular weight excluding hydrogens is 526 g/mol. The van der Waals surface area contributed by atoms with E-state index in [1.165, 1.54) is 24.1 Å². The van der Waals surface area contributed by atoms with Gasteiger partial charge in [-0.2, -0.15) is 0 Å². The second-order valence-corrected chi connectivity index (χ2v) is 11.3. The van der Waals surface area contributed by atoms with E-state index in [-0.39, 0.29) is 17.3 Å². The molecule has 0 bridgehead atoms. The molecule has 0 fully saturated rings. The summed E-state index contributed by atoms with van der Waals surface area (Å²) in [5, 5.41) is 2.94. The van der Waals surface area contributed by atoms with E-state index in [1.807, 2.05) is 44.2 Å². The molecule has 2 amide bonds. The second-order valence-electron chi connectivity index (χ2n) is 9.41. The van der Waals surface area contributed by atoms with Crippen LogP contribution >= 0.6 is 0 Å². The maximum absolute atomic E-state index is 14.0. The molecule has 0 spiro atoms. The minimum Gasteiger partial charge on any atom is -0.497 e. The summed E-state index contributed by atoms with van der Waals surface area (Å²) in [6, 6.07) is 23.5. The molecule has 3 rings (SSSR count). The van der Waals surface area contributed by atoms with Crippen molar-refractivity contribution in [2.75, 3.05) is 31.0 Å². The molecule has 0 aliphatic heterocycles. The largest absolute Gasteiger partial charge is 0.497 e. The van der Waals surface area contributed by atoms with Gasteiger partial charge in [-0.05, 0) is 61.2 Å². The number of rotatable bonds is 15. The zero-order valence-corrected chi connectivity index (χ0v) is 24.3. The maximum atomic E-state index is 14.0. The van der Waals surface area contributed by atoms with E-state index >= 15 is 0 Å². The molecule has 0 radical (unpaired) electrons. The predicted molar refractivity (Wildman–Crippen MR) is 158 cm³/mol. The number of ether oxygens (including phenoxy) is 1. The number of methoxy groups -OCH3 is 1. The van der Waals surface area contributed by atoms with Gasteiger partial charge in [-0.15, -0.1) is 0 Å². The second kappa shape index (κ2) is 15.1. The molecule has 3 aromatic carbocycles. The smallest absolute Gasteiger partial charge is 0.264 e. The number of sulfonamides is 1. The van der Waals surface area contributed by atoms with Crippen molar-refractivity contribution in [1.29, 1.82) is 0 Å². The van der Waals surface area contributed by atoms with Gasteiger partial charge in [0.1, 0.15) is 18.3 Å². The highest BCUT2D eigenvalue weighted by molar-refractivity contribution is 7.92. The van der Waals surface area contributed by atoms with Gasteiger partial charge in [0.15, 0.2) is 0 Å². The van der Waals surface area contributed by atoms with Gasteiger partial charge in [0, 0.05) is 13.1 Å². The number of benzene rings is 3. The average molecular weight is 566 g/mol. The summed E-state index contributed by atoms with van der Waals surface area (Å²) in [7, 11) is -2.57. The fourth-order valence-electron chi connectivity index (χ4n) is 4.40. The van der Waals surface area contributed by atoms with E-state index in [9.17, 15) is 18.0 Å². The van der Waals surface area contributed by atoms with E-state index in [0.29, 0.717) is 30.8 Å². The molecule has 8 nitrogen and oxygen atoms in total. The van der Waals surface area contributed by atoms with Gasteiger partial charge in [0.2, 0.25) is 11.8 Å². The summed E-state index contributed by atoms with van der Waals surface area (Å²) in [5.41, 5.74) is 1.34. The van der Waals surface area contributed by atoms with Crippen LogP contribution in [0.15, 0.2) is 89.8 Å². The van der Waals surface area contributed by atoms with Crippen LogP contribution in [0.2, 0.25) is 0 Å². The molecule has 0 saturated carbocycles. The molecule has 0 aromatic heterocycles. The molecule has 40 heavy (non-hydrogen) atoms. The highest BCUT2D eigenvalue weighted by Crippen LogP contribution is 2.26. The van der Waals surface area contributed by atoms with E-state index in [2.05, 4.69) is 5.32 Å². The molecule has 0 aliphatic carbocycles. The van der Waals surface area contributed by atoms with Crippen molar-refractivity contribution in [1.82, 2.24) is 10.2 Å². The van der Waals surface area contributed by atoms with Crippen molar-refractivity contribution >= 4 is 27.5 Å². The van der Waals surface area contributed by atoms with E-state index in [0.717, 1.165) is 22.7 Å². The fourth-order valence-corrected chi connectivity index (χ4v) is 5.83. The van der Waals surface area contributed by atoms with Crippen molar-refractivity contribution < 1.29 is 22.7 Å². The number of nitrogens with zero attached hydrogens (tertiary/aromatic N) is 2. The third-order valence-corrected chi connectivity index (χ3v) is 8.46. The van der Waals surface area contributed by atoms with E-state index in [4.69, 9.17) is 4.74 Å². The lowest BCUT2D eigenvalue weighted by Gasteiger charge is -2.33. The summed E-state index contributed by atoms with van der Waals surface area (Å²) in [6.07, 6.45) is 2.69. The van der Waals surface area contributed by atoms with Crippen molar-refractivity contribution in [3.8, 4) is 5.75 Å². The first-order chi connectivity index (χ1) is 19.3. The standard InChI is InChI=1S/C31H39N3O5S/c1-4-6-22-32-31(36)29(5-2)33(23-21-25-13-9-7-10-14-25)30(35)24-34(26-17-19-27(39-3)20-18-26)40(37,38)28-15-11-8-12-16-28/h7-20,29H,4-6,21-24H2,1-3H3,(H,32,36)/t29-/m0/s1. The number of nitrogens with one attached hydrogen (secondary N) is 1. The van der Waals surface area contributed by atoms with Crippen molar-refractivity contribution in [2.45, 2.75) is 50.5 Å². The molecule has 0 unspecified atom stereocenters. The summed E-state index contributed by atoms with van der Waals surface area (Å²) < 4.78 is 34.0. The quantitative estimate of drug-likeness (QED) is 0.271. The number of carbonyl (C=O) groups is 2. The van der Waals surface area contributed by atoms with Gasteiger partial charge in [-0.25, -0.2) is 8.42 Å². The zero-order chi connectivity index (χ0) is 29.0. The van der Waals surface area contributed by atoms with Gasteiger partial charge in [-0.1, -0.05) is 68.8 Å². The maximum Gasteiger partial charge on any atom is 0.264 e. The highest BCUT2D eigenvalue weighted by Gasteiger charge is 2.33. The van der Waals surface area contributed by atoms with E-state index in [1.54, 1.807) is 42.5 Å². The number of hydrogen-bond donors (Lipinski definition) is 1. The molecule has 9 heteroatoms. The minimum absolute atomic E-state index is 0.0683. The third-order valence-electron chi connectivity index (χ3n) is 6.67. The molecule has 1 atom stereocenters. The number of hydrogen-bond acceptors (Lipinski definition) is 5. The molecule has 3 aromatic rings. The topological polar surface area (TPSA) is 96.0 Å². The predicted octanol–water partition coefficient (Wildman–Crippen LogP) is 4.66. The summed E-state index contributed by atoms with van der Waals surface area (Å²) >= 11 is 0.